The van der Waals surface area contributed by atoms with E-state index in [1.165, 1.54) is 11.3 Å². The van der Waals surface area contributed by atoms with Crippen molar-refractivity contribution in [2.24, 2.45) is 5.73 Å². The third-order valence-electron chi connectivity index (χ3n) is 3.08. The lowest BCUT2D eigenvalue weighted by molar-refractivity contribution is 0.0979. The Morgan fingerprint density at radius 2 is 2.28 bits per heavy atom. The number of benzene rings is 1. The van der Waals surface area contributed by atoms with Crippen LogP contribution in [0.3, 0.4) is 0 Å². The number of nitrogens with two attached hydrogens (primary N) is 1. The van der Waals surface area contributed by atoms with Crippen LogP contribution in [0.1, 0.15) is 16.1 Å². The number of para-hydroxylation sites is 1. The van der Waals surface area contributed by atoms with Crippen molar-refractivity contribution in [2.75, 3.05) is 11.4 Å². The number of anilines is 1. The summed E-state index contributed by atoms with van der Waals surface area (Å²) < 4.78 is 0. The molecule has 0 fully saturated rings. The molecule has 2 aromatic rings. The largest absolute Gasteiger partial charge is 0.326 e. The third kappa shape index (κ3) is 1.91. The molecule has 1 aromatic carbocycles. The molecule has 1 unspecified atom stereocenters. The van der Waals surface area contributed by atoms with Gasteiger partial charge in [0.15, 0.2) is 0 Å². The van der Waals surface area contributed by atoms with Crippen LogP contribution >= 0.6 is 11.3 Å². The molecule has 1 atom stereocenters. The van der Waals surface area contributed by atoms with E-state index in [0.717, 1.165) is 17.7 Å². The highest BCUT2D eigenvalue weighted by Crippen LogP contribution is 2.27. The van der Waals surface area contributed by atoms with E-state index in [4.69, 9.17) is 5.73 Å². The molecule has 0 spiro atoms. The van der Waals surface area contributed by atoms with Gasteiger partial charge >= 0.3 is 0 Å². The average molecular weight is 259 g/mol. The fourth-order valence-electron chi connectivity index (χ4n) is 2.28. The fraction of sp³-hybridized carbons (Fsp3) is 0.231. The van der Waals surface area contributed by atoms with E-state index in [9.17, 15) is 4.79 Å². The number of carbonyl (C=O) groups excluding carboxylic acids is 1. The second-order valence-electron chi connectivity index (χ2n) is 4.38. The SMILES string of the molecule is NC1Cc2ccccc2N(C(=O)c2cscn2)C1. The summed E-state index contributed by atoms with van der Waals surface area (Å²) in [6.07, 6.45) is 0.816. The molecule has 3 rings (SSSR count). The maximum atomic E-state index is 12.4. The van der Waals surface area contributed by atoms with Gasteiger partial charge in [-0.2, -0.15) is 0 Å². The molecule has 2 N–H and O–H groups in total. The van der Waals surface area contributed by atoms with Gasteiger partial charge in [0.2, 0.25) is 0 Å². The maximum absolute atomic E-state index is 12.4. The lowest BCUT2D eigenvalue weighted by atomic mass is 9.98. The summed E-state index contributed by atoms with van der Waals surface area (Å²) in [5.74, 6) is -0.0705. The van der Waals surface area contributed by atoms with Crippen LogP contribution in [0.15, 0.2) is 35.2 Å². The van der Waals surface area contributed by atoms with Crippen molar-refractivity contribution in [1.82, 2.24) is 4.98 Å². The fourth-order valence-corrected chi connectivity index (χ4v) is 2.80. The van der Waals surface area contributed by atoms with Gasteiger partial charge in [0, 0.05) is 23.7 Å². The molecule has 4 nitrogen and oxygen atoms in total. The summed E-state index contributed by atoms with van der Waals surface area (Å²) >= 11 is 1.42. The van der Waals surface area contributed by atoms with Crippen LogP contribution in [0.5, 0.6) is 0 Å². The van der Waals surface area contributed by atoms with Crippen molar-refractivity contribution in [1.29, 1.82) is 0 Å². The van der Waals surface area contributed by atoms with Crippen LogP contribution in [0.25, 0.3) is 0 Å². The monoisotopic (exact) mass is 259 g/mol. The van der Waals surface area contributed by atoms with E-state index in [1.807, 2.05) is 24.3 Å². The number of thiazole rings is 1. The third-order valence-corrected chi connectivity index (χ3v) is 3.66. The molecule has 92 valence electrons. The Morgan fingerprint density at radius 3 is 3.06 bits per heavy atom. The Hall–Kier alpha value is -1.72. The van der Waals surface area contributed by atoms with Crippen LogP contribution in [0.4, 0.5) is 5.69 Å². The summed E-state index contributed by atoms with van der Waals surface area (Å²) in [5.41, 5.74) is 10.3. The van der Waals surface area contributed by atoms with E-state index >= 15 is 0 Å². The highest BCUT2D eigenvalue weighted by molar-refractivity contribution is 7.07. The number of fused-ring (bicyclic) bond motifs is 1. The first kappa shape index (κ1) is 11.4. The van der Waals surface area contributed by atoms with Crippen molar-refractivity contribution in [3.63, 3.8) is 0 Å². The van der Waals surface area contributed by atoms with E-state index in [1.54, 1.807) is 15.8 Å². The van der Waals surface area contributed by atoms with Gasteiger partial charge < -0.3 is 10.6 Å². The first-order valence-corrected chi connectivity index (χ1v) is 6.73. The zero-order valence-corrected chi connectivity index (χ0v) is 10.6. The van der Waals surface area contributed by atoms with Gasteiger partial charge in [-0.05, 0) is 18.1 Å². The zero-order valence-electron chi connectivity index (χ0n) is 9.74. The van der Waals surface area contributed by atoms with Crippen LogP contribution in [-0.4, -0.2) is 23.5 Å². The molecule has 0 saturated carbocycles. The van der Waals surface area contributed by atoms with Crippen molar-refractivity contribution in [2.45, 2.75) is 12.5 Å². The quantitative estimate of drug-likeness (QED) is 0.847. The minimum absolute atomic E-state index is 0.0116. The van der Waals surface area contributed by atoms with Gasteiger partial charge in [-0.3, -0.25) is 4.79 Å². The first-order chi connectivity index (χ1) is 8.75. The summed E-state index contributed by atoms with van der Waals surface area (Å²) in [6.45, 7) is 0.549. The van der Waals surface area contributed by atoms with Gasteiger partial charge in [-0.15, -0.1) is 11.3 Å². The lowest BCUT2D eigenvalue weighted by Gasteiger charge is -2.32. The van der Waals surface area contributed by atoms with E-state index < -0.39 is 0 Å². The highest BCUT2D eigenvalue weighted by atomic mass is 32.1. The molecule has 0 radical (unpaired) electrons. The number of amides is 1. The summed E-state index contributed by atoms with van der Waals surface area (Å²) in [7, 11) is 0. The normalized spacial score (nSPS) is 18.5. The standard InChI is InChI=1S/C13H13N3OS/c14-10-5-9-3-1-2-4-12(9)16(6-10)13(17)11-7-18-8-15-11/h1-4,7-8,10H,5-6,14H2. The molecule has 1 amide bonds. The molecule has 0 bridgehead atoms. The number of hydrogen-bond donors (Lipinski definition) is 1. The topological polar surface area (TPSA) is 59.2 Å². The van der Waals surface area contributed by atoms with Crippen LogP contribution < -0.4 is 10.6 Å². The predicted octanol–water partition coefficient (Wildman–Crippen LogP) is 1.67. The minimum atomic E-state index is -0.0705. The molecule has 2 heterocycles. The Balaban J connectivity index is 2.00. The van der Waals surface area contributed by atoms with E-state index in [2.05, 4.69) is 4.98 Å². The Labute approximate surface area is 109 Å². The predicted molar refractivity (Wildman–Crippen MR) is 71.9 cm³/mol. The van der Waals surface area contributed by atoms with Gasteiger partial charge in [-0.25, -0.2) is 4.98 Å². The smallest absolute Gasteiger partial charge is 0.277 e. The molecular formula is C13H13N3OS. The molecule has 1 aliphatic rings. The number of hydrogen-bond acceptors (Lipinski definition) is 4. The molecule has 1 aliphatic heterocycles. The van der Waals surface area contributed by atoms with Crippen molar-refractivity contribution >= 4 is 22.9 Å². The first-order valence-electron chi connectivity index (χ1n) is 5.79. The summed E-state index contributed by atoms with van der Waals surface area (Å²) in [6, 6.07) is 7.89. The van der Waals surface area contributed by atoms with E-state index in [0.29, 0.717) is 12.2 Å². The Bertz CT molecular complexity index is 567. The number of rotatable bonds is 1. The summed E-state index contributed by atoms with van der Waals surface area (Å²) in [5, 5.41) is 1.77. The molecule has 1 aromatic heterocycles. The van der Waals surface area contributed by atoms with Crippen molar-refractivity contribution < 1.29 is 4.79 Å². The maximum Gasteiger partial charge on any atom is 0.277 e. The van der Waals surface area contributed by atoms with Crippen molar-refractivity contribution in [3.8, 4) is 0 Å². The molecular weight excluding hydrogens is 246 g/mol. The van der Waals surface area contributed by atoms with Crippen LogP contribution in [0, 0.1) is 0 Å². The molecule has 18 heavy (non-hydrogen) atoms. The van der Waals surface area contributed by atoms with Crippen LogP contribution in [0.2, 0.25) is 0 Å². The average Bonchev–Trinajstić information content (AvgIpc) is 2.90. The second kappa shape index (κ2) is 4.51. The second-order valence-corrected chi connectivity index (χ2v) is 5.10. The van der Waals surface area contributed by atoms with Gasteiger partial charge in [0.05, 0.1) is 5.51 Å². The zero-order chi connectivity index (χ0) is 12.5. The lowest BCUT2D eigenvalue weighted by Crippen LogP contribution is -2.46. The minimum Gasteiger partial charge on any atom is -0.326 e. The Kier molecular flexibility index (Phi) is 2.85. The number of aromatic nitrogens is 1. The Morgan fingerprint density at radius 1 is 1.44 bits per heavy atom. The van der Waals surface area contributed by atoms with Gasteiger partial charge in [-0.1, -0.05) is 18.2 Å². The van der Waals surface area contributed by atoms with E-state index in [-0.39, 0.29) is 11.9 Å². The molecule has 5 heteroatoms. The van der Waals surface area contributed by atoms with Gasteiger partial charge in [0.25, 0.3) is 5.91 Å². The summed E-state index contributed by atoms with van der Waals surface area (Å²) in [4.78, 5) is 18.2. The number of nitrogens with zero attached hydrogens (tertiary/aromatic N) is 2. The molecule has 0 aliphatic carbocycles. The number of carbonyl (C=O) groups is 1. The van der Waals surface area contributed by atoms with Crippen LogP contribution in [-0.2, 0) is 6.42 Å². The molecule has 0 saturated heterocycles. The van der Waals surface area contributed by atoms with Gasteiger partial charge in [0.1, 0.15) is 5.69 Å². The highest BCUT2D eigenvalue weighted by Gasteiger charge is 2.27. The van der Waals surface area contributed by atoms with Crippen molar-refractivity contribution in [3.05, 3.63) is 46.4 Å².